The van der Waals surface area contributed by atoms with Gasteiger partial charge < -0.3 is 15.0 Å². The molecule has 1 heterocycles. The number of nitrogens with one attached hydrogen (secondary N) is 1. The summed E-state index contributed by atoms with van der Waals surface area (Å²) in [5.74, 6) is 2.11. The molecule has 1 N–H and O–H groups in total. The van der Waals surface area contributed by atoms with Crippen molar-refractivity contribution in [2.75, 3.05) is 39.9 Å². The highest BCUT2D eigenvalue weighted by molar-refractivity contribution is 5.82. The minimum absolute atomic E-state index is 0.163. The SMILES string of the molecule is CCC1CC(C)C(NC(=O)C2COCCN2CCN(C)Cc2ccccc2)C(CC)C1. The Hall–Kier alpha value is -1.43. The van der Waals surface area contributed by atoms with Crippen molar-refractivity contribution >= 4 is 5.91 Å². The van der Waals surface area contributed by atoms with E-state index in [2.05, 4.69) is 73.3 Å². The summed E-state index contributed by atoms with van der Waals surface area (Å²) >= 11 is 0. The second-order valence-electron chi connectivity index (χ2n) is 9.78. The van der Waals surface area contributed by atoms with Gasteiger partial charge in [0.1, 0.15) is 6.04 Å². The van der Waals surface area contributed by atoms with E-state index in [4.69, 9.17) is 4.74 Å². The van der Waals surface area contributed by atoms with E-state index >= 15 is 0 Å². The number of likely N-dealkylation sites (N-methyl/N-ethyl adjacent to an activating group) is 1. The summed E-state index contributed by atoms with van der Waals surface area (Å²) in [6.45, 7) is 11.7. The molecule has 5 nitrogen and oxygen atoms in total. The van der Waals surface area contributed by atoms with E-state index in [0.29, 0.717) is 31.1 Å². The Kier molecular flexibility index (Phi) is 9.36. The first-order valence-corrected chi connectivity index (χ1v) is 12.4. The first kappa shape index (κ1) is 24.2. The molecule has 5 unspecified atom stereocenters. The molecule has 2 fully saturated rings. The van der Waals surface area contributed by atoms with Crippen molar-refractivity contribution in [3.8, 4) is 0 Å². The average Bonchev–Trinajstić information content (AvgIpc) is 2.79. The molecule has 1 aromatic rings. The lowest BCUT2D eigenvalue weighted by Gasteiger charge is -2.42. The highest BCUT2D eigenvalue weighted by atomic mass is 16.5. The van der Waals surface area contributed by atoms with Crippen molar-refractivity contribution in [2.24, 2.45) is 17.8 Å². The quantitative estimate of drug-likeness (QED) is 0.649. The van der Waals surface area contributed by atoms with Crippen LogP contribution in [0.2, 0.25) is 0 Å². The van der Waals surface area contributed by atoms with Crippen LogP contribution in [0.4, 0.5) is 0 Å². The van der Waals surface area contributed by atoms with Gasteiger partial charge in [0.05, 0.1) is 13.2 Å². The number of ether oxygens (including phenoxy) is 1. The minimum Gasteiger partial charge on any atom is -0.378 e. The number of carbonyl (C=O) groups is 1. The number of morpholine rings is 1. The molecule has 0 radical (unpaired) electrons. The number of amides is 1. The zero-order chi connectivity index (χ0) is 22.2. The van der Waals surface area contributed by atoms with Crippen molar-refractivity contribution in [1.29, 1.82) is 0 Å². The van der Waals surface area contributed by atoms with Crippen LogP contribution < -0.4 is 5.32 Å². The molecule has 31 heavy (non-hydrogen) atoms. The fourth-order valence-corrected chi connectivity index (χ4v) is 5.50. The molecule has 0 aromatic heterocycles. The van der Waals surface area contributed by atoms with Crippen LogP contribution >= 0.6 is 0 Å². The number of nitrogens with zero attached hydrogens (tertiary/aromatic N) is 2. The average molecular weight is 430 g/mol. The van der Waals surface area contributed by atoms with E-state index in [0.717, 1.165) is 38.5 Å². The lowest BCUT2D eigenvalue weighted by molar-refractivity contribution is -0.134. The molecule has 0 bridgehead atoms. The zero-order valence-corrected chi connectivity index (χ0v) is 20.1. The first-order chi connectivity index (χ1) is 15.0. The van der Waals surface area contributed by atoms with E-state index in [1.54, 1.807) is 0 Å². The van der Waals surface area contributed by atoms with Gasteiger partial charge >= 0.3 is 0 Å². The molecule has 3 rings (SSSR count). The summed E-state index contributed by atoms with van der Waals surface area (Å²) in [5, 5.41) is 3.47. The van der Waals surface area contributed by atoms with Crippen molar-refractivity contribution in [2.45, 2.75) is 65.1 Å². The second kappa shape index (κ2) is 12.0. The highest BCUT2D eigenvalue weighted by Crippen LogP contribution is 2.36. The van der Waals surface area contributed by atoms with Crippen LogP contribution in [-0.2, 0) is 16.1 Å². The topological polar surface area (TPSA) is 44.8 Å². The molecule has 0 spiro atoms. The van der Waals surface area contributed by atoms with Gasteiger partial charge in [-0.15, -0.1) is 0 Å². The van der Waals surface area contributed by atoms with E-state index in [-0.39, 0.29) is 11.9 Å². The maximum atomic E-state index is 13.3. The lowest BCUT2D eigenvalue weighted by atomic mass is 9.70. The molecule has 5 atom stereocenters. The molecule has 1 saturated carbocycles. The third-order valence-corrected chi connectivity index (χ3v) is 7.48. The predicted molar refractivity (Wildman–Crippen MR) is 127 cm³/mol. The summed E-state index contributed by atoms with van der Waals surface area (Å²) in [6, 6.07) is 10.7. The molecule has 1 saturated heterocycles. The van der Waals surface area contributed by atoms with E-state index < -0.39 is 0 Å². The van der Waals surface area contributed by atoms with Crippen LogP contribution in [-0.4, -0.2) is 67.7 Å². The maximum absolute atomic E-state index is 13.3. The normalized spacial score (nSPS) is 29.8. The van der Waals surface area contributed by atoms with Crippen LogP contribution in [0.1, 0.15) is 52.0 Å². The first-order valence-electron chi connectivity index (χ1n) is 12.4. The fraction of sp³-hybridized carbons (Fsp3) is 0.731. The Morgan fingerprint density at radius 1 is 1.19 bits per heavy atom. The summed E-state index contributed by atoms with van der Waals surface area (Å²) in [4.78, 5) is 18.0. The lowest BCUT2D eigenvalue weighted by Crippen LogP contribution is -2.59. The number of hydrogen-bond acceptors (Lipinski definition) is 4. The fourth-order valence-electron chi connectivity index (χ4n) is 5.50. The van der Waals surface area contributed by atoms with Gasteiger partial charge in [0, 0.05) is 32.2 Å². The second-order valence-corrected chi connectivity index (χ2v) is 9.78. The van der Waals surface area contributed by atoms with Gasteiger partial charge in [-0.25, -0.2) is 0 Å². The van der Waals surface area contributed by atoms with Gasteiger partial charge in [-0.1, -0.05) is 63.9 Å². The van der Waals surface area contributed by atoms with Crippen molar-refractivity contribution in [3.63, 3.8) is 0 Å². The molecule has 5 heteroatoms. The van der Waals surface area contributed by atoms with Crippen molar-refractivity contribution in [3.05, 3.63) is 35.9 Å². The Bertz CT molecular complexity index is 668. The largest absolute Gasteiger partial charge is 0.378 e. The highest BCUT2D eigenvalue weighted by Gasteiger charge is 2.37. The van der Waals surface area contributed by atoms with E-state index in [1.165, 1.54) is 24.8 Å². The summed E-state index contributed by atoms with van der Waals surface area (Å²) < 4.78 is 5.72. The molecule has 2 aliphatic rings. The Labute approximate surface area is 189 Å². The Morgan fingerprint density at radius 3 is 2.68 bits per heavy atom. The van der Waals surface area contributed by atoms with Gasteiger partial charge in [0.2, 0.25) is 5.91 Å². The summed E-state index contributed by atoms with van der Waals surface area (Å²) in [5.41, 5.74) is 1.32. The number of benzene rings is 1. The molecular formula is C26H43N3O2. The molecular weight excluding hydrogens is 386 g/mol. The van der Waals surface area contributed by atoms with Crippen LogP contribution in [0.25, 0.3) is 0 Å². The molecule has 1 aliphatic carbocycles. The van der Waals surface area contributed by atoms with Gasteiger partial charge in [0.25, 0.3) is 0 Å². The van der Waals surface area contributed by atoms with E-state index in [1.807, 2.05) is 0 Å². The smallest absolute Gasteiger partial charge is 0.239 e. The maximum Gasteiger partial charge on any atom is 0.239 e. The monoisotopic (exact) mass is 429 g/mol. The number of hydrogen-bond donors (Lipinski definition) is 1. The van der Waals surface area contributed by atoms with E-state index in [9.17, 15) is 4.79 Å². The van der Waals surface area contributed by atoms with Gasteiger partial charge in [-0.2, -0.15) is 0 Å². The van der Waals surface area contributed by atoms with Crippen LogP contribution in [0.5, 0.6) is 0 Å². The van der Waals surface area contributed by atoms with Crippen molar-refractivity contribution < 1.29 is 9.53 Å². The summed E-state index contributed by atoms with van der Waals surface area (Å²) in [6.07, 6.45) is 4.87. The van der Waals surface area contributed by atoms with Crippen LogP contribution in [0, 0.1) is 17.8 Å². The Balaban J connectivity index is 1.54. The molecule has 1 aliphatic heterocycles. The zero-order valence-electron chi connectivity index (χ0n) is 20.1. The Morgan fingerprint density at radius 2 is 1.97 bits per heavy atom. The van der Waals surface area contributed by atoms with Gasteiger partial charge in [0.15, 0.2) is 0 Å². The minimum atomic E-state index is -0.174. The summed E-state index contributed by atoms with van der Waals surface area (Å²) in [7, 11) is 2.15. The van der Waals surface area contributed by atoms with Crippen molar-refractivity contribution in [1.82, 2.24) is 15.1 Å². The number of carbonyl (C=O) groups excluding carboxylic acids is 1. The number of rotatable bonds is 9. The standard InChI is InChI=1S/C26H43N3O2/c1-5-21-16-20(3)25(23(6-2)17-21)27-26(30)24-19-31-15-14-29(24)13-12-28(4)18-22-10-8-7-9-11-22/h7-11,20-21,23-25H,5-6,12-19H2,1-4H3,(H,27,30). The van der Waals surface area contributed by atoms with Gasteiger partial charge in [-0.3, -0.25) is 9.69 Å². The molecule has 1 amide bonds. The third-order valence-electron chi connectivity index (χ3n) is 7.48. The molecule has 1 aromatic carbocycles. The third kappa shape index (κ3) is 6.77. The van der Waals surface area contributed by atoms with Crippen LogP contribution in [0.3, 0.4) is 0 Å². The van der Waals surface area contributed by atoms with Crippen LogP contribution in [0.15, 0.2) is 30.3 Å². The molecule has 174 valence electrons. The predicted octanol–water partition coefficient (Wildman–Crippen LogP) is 3.79. The van der Waals surface area contributed by atoms with Gasteiger partial charge in [-0.05, 0) is 43.2 Å².